The van der Waals surface area contributed by atoms with Gasteiger partial charge in [0.2, 0.25) is 5.91 Å². The molecule has 0 aliphatic carbocycles. The van der Waals surface area contributed by atoms with E-state index in [0.29, 0.717) is 19.6 Å². The van der Waals surface area contributed by atoms with E-state index in [-0.39, 0.29) is 11.3 Å². The summed E-state index contributed by atoms with van der Waals surface area (Å²) >= 11 is 0. The van der Waals surface area contributed by atoms with Gasteiger partial charge in [-0.1, -0.05) is 12.1 Å². The zero-order valence-electron chi connectivity index (χ0n) is 14.1. The van der Waals surface area contributed by atoms with Crippen molar-refractivity contribution in [2.24, 2.45) is 5.41 Å². The molecule has 0 aromatic heterocycles. The molecule has 1 spiro atoms. The number of hydrogen-bond acceptors (Lipinski definition) is 4. The Morgan fingerprint density at radius 2 is 2.22 bits per heavy atom. The largest absolute Gasteiger partial charge is 0.497 e. The van der Waals surface area contributed by atoms with Crippen molar-refractivity contribution in [3.63, 3.8) is 0 Å². The van der Waals surface area contributed by atoms with Gasteiger partial charge in [0.25, 0.3) is 0 Å². The Balaban J connectivity index is 1.68. The maximum absolute atomic E-state index is 12.8. The zero-order valence-corrected chi connectivity index (χ0v) is 14.1. The molecule has 0 saturated carbocycles. The first-order valence-corrected chi connectivity index (χ1v) is 8.27. The molecule has 126 valence electrons. The second kappa shape index (κ2) is 6.89. The van der Waals surface area contributed by atoms with Crippen molar-refractivity contribution >= 4 is 5.91 Å². The second-order valence-corrected chi connectivity index (χ2v) is 6.88. The Kier molecular flexibility index (Phi) is 4.87. The van der Waals surface area contributed by atoms with Gasteiger partial charge < -0.3 is 19.3 Å². The highest BCUT2D eigenvalue weighted by atomic mass is 16.5. The number of carbonyl (C=O) groups is 1. The minimum Gasteiger partial charge on any atom is -0.497 e. The number of rotatable bonds is 3. The molecule has 2 saturated heterocycles. The summed E-state index contributed by atoms with van der Waals surface area (Å²) in [6.45, 7) is 4.99. The normalized spacial score (nSPS) is 25.6. The predicted octanol–water partition coefficient (Wildman–Crippen LogP) is 1.42. The fraction of sp³-hybridized carbons (Fsp3) is 0.611. The Bertz CT molecular complexity index is 563. The molecule has 5 nitrogen and oxygen atoms in total. The number of amides is 1. The van der Waals surface area contributed by atoms with Crippen molar-refractivity contribution in [2.45, 2.75) is 12.8 Å². The van der Waals surface area contributed by atoms with Crippen LogP contribution in [0.4, 0.5) is 0 Å². The summed E-state index contributed by atoms with van der Waals surface area (Å²) in [5, 5.41) is 0. The first-order valence-electron chi connectivity index (χ1n) is 8.27. The maximum atomic E-state index is 12.8. The summed E-state index contributed by atoms with van der Waals surface area (Å²) in [6, 6.07) is 7.75. The lowest BCUT2D eigenvalue weighted by Crippen LogP contribution is -2.43. The van der Waals surface area contributed by atoms with Crippen molar-refractivity contribution in [3.05, 3.63) is 29.8 Å². The molecule has 0 unspecified atom stereocenters. The molecule has 23 heavy (non-hydrogen) atoms. The number of carbonyl (C=O) groups excluding carboxylic acids is 1. The topological polar surface area (TPSA) is 42.0 Å². The van der Waals surface area contributed by atoms with E-state index in [9.17, 15) is 4.79 Å². The van der Waals surface area contributed by atoms with Gasteiger partial charge in [-0.2, -0.15) is 0 Å². The predicted molar refractivity (Wildman–Crippen MR) is 88.6 cm³/mol. The Hall–Kier alpha value is -1.59. The van der Waals surface area contributed by atoms with Crippen LogP contribution < -0.4 is 4.74 Å². The van der Waals surface area contributed by atoms with Crippen LogP contribution in [0.5, 0.6) is 5.75 Å². The SMILES string of the molecule is COc1cccc(CC(=O)N2CCOC[C@@]3(CCN(C)C3)C2)c1. The van der Waals surface area contributed by atoms with Crippen LogP contribution in [0.25, 0.3) is 0 Å². The average Bonchev–Trinajstić information content (AvgIpc) is 2.78. The summed E-state index contributed by atoms with van der Waals surface area (Å²) in [5.41, 5.74) is 1.10. The first-order chi connectivity index (χ1) is 11.1. The number of nitrogens with zero attached hydrogens (tertiary/aromatic N) is 2. The first kappa shape index (κ1) is 16.3. The third-order valence-corrected chi connectivity index (χ3v) is 4.91. The number of benzene rings is 1. The summed E-state index contributed by atoms with van der Waals surface area (Å²) < 4.78 is 11.0. The van der Waals surface area contributed by atoms with Crippen LogP contribution in [0.2, 0.25) is 0 Å². The maximum Gasteiger partial charge on any atom is 0.227 e. The second-order valence-electron chi connectivity index (χ2n) is 6.88. The van der Waals surface area contributed by atoms with E-state index in [0.717, 1.165) is 44.0 Å². The van der Waals surface area contributed by atoms with Crippen LogP contribution in [0, 0.1) is 5.41 Å². The van der Waals surface area contributed by atoms with Crippen molar-refractivity contribution in [2.75, 3.05) is 53.6 Å². The molecule has 0 N–H and O–H groups in total. The molecule has 1 amide bonds. The third kappa shape index (κ3) is 3.85. The Labute approximate surface area is 138 Å². The number of hydrogen-bond donors (Lipinski definition) is 0. The van der Waals surface area contributed by atoms with Gasteiger partial charge in [0.1, 0.15) is 5.75 Å². The van der Waals surface area contributed by atoms with Crippen LogP contribution in [-0.2, 0) is 16.0 Å². The van der Waals surface area contributed by atoms with Crippen LogP contribution in [0.3, 0.4) is 0 Å². The van der Waals surface area contributed by atoms with E-state index in [1.165, 1.54) is 0 Å². The lowest BCUT2D eigenvalue weighted by Gasteiger charge is -2.31. The van der Waals surface area contributed by atoms with Crippen molar-refractivity contribution < 1.29 is 14.3 Å². The molecule has 0 bridgehead atoms. The molecular weight excluding hydrogens is 292 g/mol. The number of methoxy groups -OCH3 is 1. The van der Waals surface area contributed by atoms with E-state index in [4.69, 9.17) is 9.47 Å². The number of likely N-dealkylation sites (tertiary alicyclic amines) is 1. The van der Waals surface area contributed by atoms with Crippen LogP contribution in [0.15, 0.2) is 24.3 Å². The van der Waals surface area contributed by atoms with Crippen LogP contribution in [-0.4, -0.2) is 69.3 Å². The van der Waals surface area contributed by atoms with Gasteiger partial charge in [-0.05, 0) is 37.7 Å². The molecule has 2 heterocycles. The molecule has 2 aliphatic heterocycles. The number of ether oxygens (including phenoxy) is 2. The van der Waals surface area contributed by atoms with Gasteiger partial charge in [-0.25, -0.2) is 0 Å². The van der Waals surface area contributed by atoms with Crippen molar-refractivity contribution in [3.8, 4) is 5.75 Å². The zero-order chi connectivity index (χ0) is 16.3. The molecule has 0 radical (unpaired) electrons. The van der Waals surface area contributed by atoms with Gasteiger partial charge in [-0.3, -0.25) is 4.79 Å². The molecule has 2 aliphatic rings. The molecule has 1 atom stereocenters. The molecule has 5 heteroatoms. The molecule has 3 rings (SSSR count). The van der Waals surface area contributed by atoms with Gasteiger partial charge in [-0.15, -0.1) is 0 Å². The summed E-state index contributed by atoms with van der Waals surface area (Å²) in [4.78, 5) is 17.1. The minimum absolute atomic E-state index is 0.106. The average molecular weight is 318 g/mol. The van der Waals surface area contributed by atoms with Gasteiger partial charge >= 0.3 is 0 Å². The lowest BCUT2D eigenvalue weighted by molar-refractivity contribution is -0.131. The minimum atomic E-state index is 0.106. The van der Waals surface area contributed by atoms with Gasteiger partial charge in [0.15, 0.2) is 0 Å². The quantitative estimate of drug-likeness (QED) is 0.845. The van der Waals surface area contributed by atoms with E-state index in [2.05, 4.69) is 11.9 Å². The lowest BCUT2D eigenvalue weighted by atomic mass is 9.87. The monoisotopic (exact) mass is 318 g/mol. The smallest absolute Gasteiger partial charge is 0.227 e. The molecule has 1 aromatic carbocycles. The molecule has 2 fully saturated rings. The summed E-state index contributed by atoms with van der Waals surface area (Å²) in [5.74, 6) is 0.973. The van der Waals surface area contributed by atoms with E-state index in [1.54, 1.807) is 7.11 Å². The van der Waals surface area contributed by atoms with E-state index >= 15 is 0 Å². The summed E-state index contributed by atoms with van der Waals surface area (Å²) in [7, 11) is 3.79. The highest BCUT2D eigenvalue weighted by molar-refractivity contribution is 5.79. The Morgan fingerprint density at radius 1 is 1.35 bits per heavy atom. The van der Waals surface area contributed by atoms with E-state index < -0.39 is 0 Å². The van der Waals surface area contributed by atoms with E-state index in [1.807, 2.05) is 29.2 Å². The highest BCUT2D eigenvalue weighted by Gasteiger charge is 2.40. The van der Waals surface area contributed by atoms with Crippen molar-refractivity contribution in [1.82, 2.24) is 9.80 Å². The highest BCUT2D eigenvalue weighted by Crippen LogP contribution is 2.32. The van der Waals surface area contributed by atoms with Crippen molar-refractivity contribution in [1.29, 1.82) is 0 Å². The Morgan fingerprint density at radius 3 is 2.96 bits per heavy atom. The van der Waals surface area contributed by atoms with Gasteiger partial charge in [0.05, 0.1) is 26.7 Å². The standard InChI is InChI=1S/C18H26N2O3/c1-19-7-6-18(12-19)13-20(8-9-23-14-18)17(21)11-15-4-3-5-16(10-15)22-2/h3-5,10H,6-9,11-14H2,1-2H3/t18-/m1/s1. The molecule has 1 aromatic rings. The third-order valence-electron chi connectivity index (χ3n) is 4.91. The summed E-state index contributed by atoms with van der Waals surface area (Å²) in [6.07, 6.45) is 1.52. The fourth-order valence-corrected chi connectivity index (χ4v) is 3.68. The van der Waals surface area contributed by atoms with Gasteiger partial charge in [0, 0.05) is 25.0 Å². The fourth-order valence-electron chi connectivity index (χ4n) is 3.68. The molecular formula is C18H26N2O3. The van der Waals surface area contributed by atoms with Crippen LogP contribution >= 0.6 is 0 Å². The van der Waals surface area contributed by atoms with Crippen LogP contribution in [0.1, 0.15) is 12.0 Å².